The van der Waals surface area contributed by atoms with Gasteiger partial charge in [-0.3, -0.25) is 4.68 Å². The zero-order valence-electron chi connectivity index (χ0n) is 11.3. The monoisotopic (exact) mass is 291 g/mol. The zero-order valence-corrected chi connectivity index (χ0v) is 12.1. The van der Waals surface area contributed by atoms with Crippen LogP contribution in [0.3, 0.4) is 0 Å². The van der Waals surface area contributed by atoms with Crippen molar-refractivity contribution in [1.29, 1.82) is 0 Å². The summed E-state index contributed by atoms with van der Waals surface area (Å²) in [6, 6.07) is 9.67. The molecule has 106 valence electrons. The molecule has 1 unspecified atom stereocenters. The summed E-state index contributed by atoms with van der Waals surface area (Å²) in [7, 11) is -2.97. The van der Waals surface area contributed by atoms with Crippen LogP contribution in [0, 0.1) is 0 Å². The van der Waals surface area contributed by atoms with Crippen LogP contribution in [0.5, 0.6) is 0 Å². The van der Waals surface area contributed by atoms with Gasteiger partial charge in [-0.05, 0) is 13.3 Å². The van der Waals surface area contributed by atoms with Crippen LogP contribution in [0.25, 0.3) is 11.3 Å². The highest BCUT2D eigenvalue weighted by Crippen LogP contribution is 2.33. The molecule has 0 aliphatic carbocycles. The summed E-state index contributed by atoms with van der Waals surface area (Å²) in [5.74, 6) is 0.333. The number of nitrogen functional groups attached to an aromatic ring is 1. The maximum absolute atomic E-state index is 11.7. The molecule has 2 aromatic rings. The van der Waals surface area contributed by atoms with Gasteiger partial charge in [-0.2, -0.15) is 5.10 Å². The van der Waals surface area contributed by atoms with Crippen LogP contribution >= 0.6 is 0 Å². The fourth-order valence-electron chi connectivity index (χ4n) is 2.66. The topological polar surface area (TPSA) is 78.0 Å². The minimum Gasteiger partial charge on any atom is -0.396 e. The Bertz CT molecular complexity index is 737. The van der Waals surface area contributed by atoms with E-state index in [1.807, 2.05) is 37.3 Å². The van der Waals surface area contributed by atoms with E-state index in [0.29, 0.717) is 17.8 Å². The van der Waals surface area contributed by atoms with Crippen LogP contribution in [0.1, 0.15) is 13.3 Å². The fourth-order valence-corrected chi connectivity index (χ4v) is 4.78. The molecule has 1 aliphatic rings. The van der Waals surface area contributed by atoms with E-state index in [4.69, 9.17) is 5.73 Å². The van der Waals surface area contributed by atoms with E-state index in [0.717, 1.165) is 5.56 Å². The number of aromatic nitrogens is 2. The van der Waals surface area contributed by atoms with Gasteiger partial charge in [0.05, 0.1) is 22.7 Å². The molecular formula is C14H17N3O2S. The number of sulfone groups is 1. The van der Waals surface area contributed by atoms with Gasteiger partial charge in [-0.15, -0.1) is 0 Å². The van der Waals surface area contributed by atoms with Crippen LogP contribution in [0.2, 0.25) is 0 Å². The number of benzene rings is 1. The first-order valence-electron chi connectivity index (χ1n) is 6.51. The quantitative estimate of drug-likeness (QED) is 0.913. The summed E-state index contributed by atoms with van der Waals surface area (Å²) < 4.78 is 25.1. The SMILES string of the molecule is CC1(n2cc(N)c(-c3ccccc3)n2)CCS(=O)(=O)C1. The second-order valence-corrected chi connectivity index (χ2v) is 7.77. The molecule has 0 saturated carbocycles. The fraction of sp³-hybridized carbons (Fsp3) is 0.357. The minimum atomic E-state index is -2.97. The van der Waals surface area contributed by atoms with Crippen molar-refractivity contribution in [2.24, 2.45) is 0 Å². The van der Waals surface area contributed by atoms with Gasteiger partial charge in [0.15, 0.2) is 9.84 Å². The Balaban J connectivity index is 2.02. The molecule has 1 aromatic carbocycles. The van der Waals surface area contributed by atoms with E-state index in [1.54, 1.807) is 10.9 Å². The second-order valence-electron chi connectivity index (χ2n) is 5.58. The average Bonchev–Trinajstić information content (AvgIpc) is 2.92. The van der Waals surface area contributed by atoms with Crippen molar-refractivity contribution in [1.82, 2.24) is 9.78 Å². The van der Waals surface area contributed by atoms with Crippen molar-refractivity contribution in [3.63, 3.8) is 0 Å². The Kier molecular flexibility index (Phi) is 2.86. The van der Waals surface area contributed by atoms with Crippen molar-refractivity contribution in [3.05, 3.63) is 36.5 Å². The van der Waals surface area contributed by atoms with Gasteiger partial charge in [0.1, 0.15) is 5.69 Å². The van der Waals surface area contributed by atoms with E-state index < -0.39 is 15.4 Å². The highest BCUT2D eigenvalue weighted by Gasteiger charge is 2.40. The van der Waals surface area contributed by atoms with Crippen LogP contribution < -0.4 is 5.73 Å². The molecule has 20 heavy (non-hydrogen) atoms. The lowest BCUT2D eigenvalue weighted by molar-refractivity contribution is 0.329. The Morgan fingerprint density at radius 1 is 1.30 bits per heavy atom. The van der Waals surface area contributed by atoms with Crippen LogP contribution in [-0.4, -0.2) is 29.7 Å². The largest absolute Gasteiger partial charge is 0.396 e. The summed E-state index contributed by atoms with van der Waals surface area (Å²) in [6.45, 7) is 1.92. The predicted molar refractivity (Wildman–Crippen MR) is 79.0 cm³/mol. The minimum absolute atomic E-state index is 0.120. The number of anilines is 1. The molecule has 0 bridgehead atoms. The summed E-state index contributed by atoms with van der Waals surface area (Å²) in [4.78, 5) is 0. The Morgan fingerprint density at radius 2 is 2.00 bits per heavy atom. The molecule has 1 fully saturated rings. The number of nitrogens with two attached hydrogens (primary N) is 1. The van der Waals surface area contributed by atoms with Crippen LogP contribution in [-0.2, 0) is 15.4 Å². The molecule has 0 spiro atoms. The van der Waals surface area contributed by atoms with E-state index >= 15 is 0 Å². The van der Waals surface area contributed by atoms with E-state index in [2.05, 4.69) is 5.10 Å². The lowest BCUT2D eigenvalue weighted by atomic mass is 10.0. The molecule has 3 rings (SSSR count). The molecule has 0 radical (unpaired) electrons. The molecule has 1 aromatic heterocycles. The van der Waals surface area contributed by atoms with Crippen LogP contribution in [0.4, 0.5) is 5.69 Å². The van der Waals surface area contributed by atoms with Crippen molar-refractivity contribution in [2.75, 3.05) is 17.2 Å². The molecule has 2 N–H and O–H groups in total. The van der Waals surface area contributed by atoms with Gasteiger partial charge >= 0.3 is 0 Å². The third-order valence-corrected chi connectivity index (χ3v) is 5.71. The number of hydrogen-bond acceptors (Lipinski definition) is 4. The summed E-state index contributed by atoms with van der Waals surface area (Å²) in [5, 5.41) is 4.53. The molecule has 1 saturated heterocycles. The normalized spacial score (nSPS) is 24.9. The number of hydrogen-bond donors (Lipinski definition) is 1. The predicted octanol–water partition coefficient (Wildman–Crippen LogP) is 1.67. The maximum atomic E-state index is 11.7. The van der Waals surface area contributed by atoms with Gasteiger partial charge in [0.25, 0.3) is 0 Å². The third-order valence-electron chi connectivity index (χ3n) is 3.83. The summed E-state index contributed by atoms with van der Waals surface area (Å²) in [5.41, 5.74) is 7.75. The van der Waals surface area contributed by atoms with Crippen molar-refractivity contribution < 1.29 is 8.42 Å². The van der Waals surface area contributed by atoms with Crippen molar-refractivity contribution in [3.8, 4) is 11.3 Å². The highest BCUT2D eigenvalue weighted by molar-refractivity contribution is 7.91. The average molecular weight is 291 g/mol. The van der Waals surface area contributed by atoms with E-state index in [1.165, 1.54) is 0 Å². The third kappa shape index (κ3) is 2.20. The van der Waals surface area contributed by atoms with E-state index in [-0.39, 0.29) is 11.5 Å². The number of nitrogens with zero attached hydrogens (tertiary/aromatic N) is 2. The molecule has 1 atom stereocenters. The first kappa shape index (κ1) is 13.2. The summed E-state index contributed by atoms with van der Waals surface area (Å²) >= 11 is 0. The summed E-state index contributed by atoms with van der Waals surface area (Å²) in [6.07, 6.45) is 2.31. The maximum Gasteiger partial charge on any atom is 0.152 e. The number of rotatable bonds is 2. The lowest BCUT2D eigenvalue weighted by Crippen LogP contribution is -2.31. The Labute approximate surface area is 118 Å². The van der Waals surface area contributed by atoms with Gasteiger partial charge < -0.3 is 5.73 Å². The van der Waals surface area contributed by atoms with Crippen molar-refractivity contribution in [2.45, 2.75) is 18.9 Å². The van der Waals surface area contributed by atoms with Gasteiger partial charge in [0, 0.05) is 11.8 Å². The van der Waals surface area contributed by atoms with Gasteiger partial charge in [0.2, 0.25) is 0 Å². The molecular weight excluding hydrogens is 274 g/mol. The Hall–Kier alpha value is -1.82. The molecule has 6 heteroatoms. The standard InChI is InChI=1S/C14H17N3O2S/c1-14(7-8-20(18,19)10-14)17-9-12(15)13(16-17)11-5-3-2-4-6-11/h2-6,9H,7-8,10,15H2,1H3. The van der Waals surface area contributed by atoms with Gasteiger partial charge in [-0.1, -0.05) is 30.3 Å². The molecule has 0 amide bonds. The van der Waals surface area contributed by atoms with E-state index in [9.17, 15) is 8.42 Å². The van der Waals surface area contributed by atoms with Crippen molar-refractivity contribution >= 4 is 15.5 Å². The smallest absolute Gasteiger partial charge is 0.152 e. The first-order chi connectivity index (χ1) is 9.40. The molecule has 2 heterocycles. The van der Waals surface area contributed by atoms with Crippen LogP contribution in [0.15, 0.2) is 36.5 Å². The Morgan fingerprint density at radius 3 is 2.60 bits per heavy atom. The highest BCUT2D eigenvalue weighted by atomic mass is 32.2. The first-order valence-corrected chi connectivity index (χ1v) is 8.33. The van der Waals surface area contributed by atoms with Gasteiger partial charge in [-0.25, -0.2) is 8.42 Å². The lowest BCUT2D eigenvalue weighted by Gasteiger charge is -2.22. The molecule has 5 nitrogen and oxygen atoms in total. The zero-order chi connectivity index (χ0) is 14.4. The molecule has 1 aliphatic heterocycles. The second kappa shape index (κ2) is 4.34.